The molecule has 1 saturated heterocycles. The Bertz CT molecular complexity index is 579. The Morgan fingerprint density at radius 3 is 3.10 bits per heavy atom. The highest BCUT2D eigenvalue weighted by Crippen LogP contribution is 2.26. The Morgan fingerprint density at radius 2 is 2.29 bits per heavy atom. The summed E-state index contributed by atoms with van der Waals surface area (Å²) in [6.45, 7) is 2.22. The van der Waals surface area contributed by atoms with Crippen molar-refractivity contribution >= 4 is 0 Å². The summed E-state index contributed by atoms with van der Waals surface area (Å²) in [4.78, 5) is 4.39. The molecule has 6 nitrogen and oxygen atoms in total. The minimum absolute atomic E-state index is 0.307. The van der Waals surface area contributed by atoms with E-state index in [0.29, 0.717) is 24.4 Å². The molecule has 2 aromatic rings. The quantitative estimate of drug-likeness (QED) is 0.877. The van der Waals surface area contributed by atoms with Crippen LogP contribution in [0.2, 0.25) is 0 Å². The van der Waals surface area contributed by atoms with Crippen LogP contribution in [0.25, 0.3) is 11.4 Å². The second kappa shape index (κ2) is 6.69. The summed E-state index contributed by atoms with van der Waals surface area (Å²) in [6, 6.07) is 7.62. The van der Waals surface area contributed by atoms with Crippen molar-refractivity contribution in [1.29, 1.82) is 0 Å². The molecule has 1 aliphatic rings. The molecule has 6 heteroatoms. The molecule has 1 aromatic carbocycles. The van der Waals surface area contributed by atoms with Crippen molar-refractivity contribution < 1.29 is 14.0 Å². The van der Waals surface area contributed by atoms with Crippen molar-refractivity contribution in [2.24, 2.45) is 0 Å². The van der Waals surface area contributed by atoms with E-state index in [9.17, 15) is 0 Å². The van der Waals surface area contributed by atoms with Crippen LogP contribution in [0.15, 0.2) is 28.8 Å². The van der Waals surface area contributed by atoms with Crippen LogP contribution < -0.4 is 10.1 Å². The Kier molecular flexibility index (Phi) is 4.47. The van der Waals surface area contributed by atoms with Crippen molar-refractivity contribution in [3.05, 3.63) is 30.2 Å². The lowest BCUT2D eigenvalue weighted by molar-refractivity contribution is 0.109. The number of aromatic nitrogens is 2. The molecule has 1 unspecified atom stereocenters. The lowest BCUT2D eigenvalue weighted by Gasteiger charge is -2.08. The van der Waals surface area contributed by atoms with Gasteiger partial charge < -0.3 is 19.3 Å². The van der Waals surface area contributed by atoms with Crippen LogP contribution >= 0.6 is 0 Å². The molecule has 112 valence electrons. The monoisotopic (exact) mass is 289 g/mol. The molecule has 3 rings (SSSR count). The van der Waals surface area contributed by atoms with Crippen molar-refractivity contribution in [3.8, 4) is 17.1 Å². The molecule has 0 amide bonds. The van der Waals surface area contributed by atoms with Gasteiger partial charge in [-0.05, 0) is 25.0 Å². The van der Waals surface area contributed by atoms with Crippen molar-refractivity contribution in [2.75, 3.05) is 20.3 Å². The van der Waals surface area contributed by atoms with Crippen molar-refractivity contribution in [2.45, 2.75) is 25.5 Å². The lowest BCUT2D eigenvalue weighted by atomic mass is 10.2. The van der Waals surface area contributed by atoms with Gasteiger partial charge in [0.15, 0.2) is 0 Å². The highest BCUT2D eigenvalue weighted by Gasteiger charge is 2.16. The molecule has 0 bridgehead atoms. The Morgan fingerprint density at radius 1 is 1.38 bits per heavy atom. The number of nitrogens with zero attached hydrogens (tertiary/aromatic N) is 2. The van der Waals surface area contributed by atoms with E-state index < -0.39 is 0 Å². The van der Waals surface area contributed by atoms with Gasteiger partial charge in [-0.25, -0.2) is 0 Å². The van der Waals surface area contributed by atoms with E-state index in [0.717, 1.165) is 37.3 Å². The number of methoxy groups -OCH3 is 1. The zero-order valence-corrected chi connectivity index (χ0v) is 12.0. The second-order valence-corrected chi connectivity index (χ2v) is 4.98. The molecule has 1 N–H and O–H groups in total. The number of hydrogen-bond donors (Lipinski definition) is 1. The Labute approximate surface area is 123 Å². The largest absolute Gasteiger partial charge is 0.496 e. The number of para-hydroxylation sites is 1. The van der Waals surface area contributed by atoms with Gasteiger partial charge in [0.1, 0.15) is 5.75 Å². The van der Waals surface area contributed by atoms with Gasteiger partial charge in [-0.1, -0.05) is 17.3 Å². The maximum Gasteiger partial charge on any atom is 0.240 e. The topological polar surface area (TPSA) is 69.4 Å². The van der Waals surface area contributed by atoms with Gasteiger partial charge in [-0.2, -0.15) is 4.98 Å². The molecular formula is C15H19N3O3. The van der Waals surface area contributed by atoms with Crippen molar-refractivity contribution in [3.63, 3.8) is 0 Å². The first-order chi connectivity index (χ1) is 10.4. The summed E-state index contributed by atoms with van der Waals surface area (Å²) >= 11 is 0. The van der Waals surface area contributed by atoms with Crippen molar-refractivity contribution in [1.82, 2.24) is 15.5 Å². The van der Waals surface area contributed by atoms with Crippen LogP contribution in [0.4, 0.5) is 0 Å². The van der Waals surface area contributed by atoms with Gasteiger partial charge in [0, 0.05) is 13.2 Å². The summed E-state index contributed by atoms with van der Waals surface area (Å²) in [7, 11) is 1.63. The molecule has 1 fully saturated rings. The predicted octanol–water partition coefficient (Wildman–Crippen LogP) is 2.01. The van der Waals surface area contributed by atoms with Crippen LogP contribution in [0.3, 0.4) is 0 Å². The molecule has 2 heterocycles. The fraction of sp³-hybridized carbons (Fsp3) is 0.467. The molecule has 0 saturated carbocycles. The molecule has 0 spiro atoms. The first-order valence-corrected chi connectivity index (χ1v) is 7.15. The first kappa shape index (κ1) is 14.0. The average Bonchev–Trinajstić information content (AvgIpc) is 3.19. The van der Waals surface area contributed by atoms with Crippen LogP contribution in [-0.4, -0.2) is 36.5 Å². The third-order valence-electron chi connectivity index (χ3n) is 3.49. The maximum absolute atomic E-state index is 5.55. The van der Waals surface area contributed by atoms with E-state index in [1.54, 1.807) is 7.11 Å². The normalized spacial score (nSPS) is 18.0. The SMILES string of the molecule is COc1ccccc1-c1noc(CNCC2CCCO2)n1. The fourth-order valence-corrected chi connectivity index (χ4v) is 2.41. The van der Waals surface area contributed by atoms with Gasteiger partial charge in [0.05, 0.1) is 25.3 Å². The molecule has 1 aromatic heterocycles. The molecule has 21 heavy (non-hydrogen) atoms. The molecule has 0 aliphatic carbocycles. The summed E-state index contributed by atoms with van der Waals surface area (Å²) in [5, 5.41) is 7.29. The second-order valence-electron chi connectivity index (χ2n) is 4.98. The summed E-state index contributed by atoms with van der Waals surface area (Å²) < 4.78 is 16.1. The molecular weight excluding hydrogens is 270 g/mol. The maximum atomic E-state index is 5.55. The number of rotatable bonds is 6. The molecule has 0 radical (unpaired) electrons. The number of ether oxygens (including phenoxy) is 2. The number of hydrogen-bond acceptors (Lipinski definition) is 6. The highest BCUT2D eigenvalue weighted by atomic mass is 16.5. The average molecular weight is 289 g/mol. The third-order valence-corrected chi connectivity index (χ3v) is 3.49. The minimum atomic E-state index is 0.307. The van der Waals surface area contributed by atoms with E-state index in [-0.39, 0.29) is 0 Å². The Balaban J connectivity index is 1.60. The van der Waals surface area contributed by atoms with E-state index in [1.807, 2.05) is 24.3 Å². The third kappa shape index (κ3) is 3.40. The summed E-state index contributed by atoms with van der Waals surface area (Å²) in [5.41, 5.74) is 0.828. The zero-order chi connectivity index (χ0) is 14.5. The molecule has 1 atom stereocenters. The lowest BCUT2D eigenvalue weighted by Crippen LogP contribution is -2.25. The van der Waals surface area contributed by atoms with Crippen LogP contribution in [0.5, 0.6) is 5.75 Å². The minimum Gasteiger partial charge on any atom is -0.496 e. The van der Waals surface area contributed by atoms with E-state index >= 15 is 0 Å². The fourth-order valence-electron chi connectivity index (χ4n) is 2.41. The van der Waals surface area contributed by atoms with Crippen LogP contribution in [0.1, 0.15) is 18.7 Å². The van der Waals surface area contributed by atoms with Crippen LogP contribution in [0, 0.1) is 0 Å². The predicted molar refractivity (Wildman–Crippen MR) is 77.0 cm³/mol. The van der Waals surface area contributed by atoms with E-state index in [2.05, 4.69) is 15.5 Å². The summed E-state index contributed by atoms with van der Waals surface area (Å²) in [5.74, 6) is 1.84. The van der Waals surface area contributed by atoms with Gasteiger partial charge >= 0.3 is 0 Å². The van der Waals surface area contributed by atoms with Gasteiger partial charge in [0.2, 0.25) is 11.7 Å². The highest BCUT2D eigenvalue weighted by molar-refractivity contribution is 5.63. The van der Waals surface area contributed by atoms with Crippen LogP contribution in [-0.2, 0) is 11.3 Å². The number of benzene rings is 1. The smallest absolute Gasteiger partial charge is 0.240 e. The zero-order valence-electron chi connectivity index (χ0n) is 12.0. The van der Waals surface area contributed by atoms with Gasteiger partial charge in [-0.3, -0.25) is 0 Å². The number of nitrogens with one attached hydrogen (secondary N) is 1. The van der Waals surface area contributed by atoms with Gasteiger partial charge in [0.25, 0.3) is 0 Å². The molecule has 1 aliphatic heterocycles. The first-order valence-electron chi connectivity index (χ1n) is 7.15. The summed E-state index contributed by atoms with van der Waals surface area (Å²) in [6.07, 6.45) is 2.57. The standard InChI is InChI=1S/C15H19N3O3/c1-19-13-7-3-2-6-12(13)15-17-14(21-18-15)10-16-9-11-5-4-8-20-11/h2-3,6-7,11,16H,4-5,8-10H2,1H3. The van der Waals surface area contributed by atoms with E-state index in [1.165, 1.54) is 0 Å². The van der Waals surface area contributed by atoms with E-state index in [4.69, 9.17) is 14.0 Å². The van der Waals surface area contributed by atoms with Gasteiger partial charge in [-0.15, -0.1) is 0 Å². The Hall–Kier alpha value is -1.92.